The summed E-state index contributed by atoms with van der Waals surface area (Å²) in [5.41, 5.74) is -0.0140. The van der Waals surface area contributed by atoms with Crippen LogP contribution in [-0.4, -0.2) is 37.9 Å². The van der Waals surface area contributed by atoms with Crippen molar-refractivity contribution in [1.82, 2.24) is 4.90 Å². The first kappa shape index (κ1) is 20.2. The molecule has 148 valence electrons. The Balaban J connectivity index is 2.10. The van der Waals surface area contributed by atoms with Gasteiger partial charge in [0.15, 0.2) is 5.78 Å². The number of carbonyl (C=O) groups is 2. The summed E-state index contributed by atoms with van der Waals surface area (Å²) in [6, 6.07) is 12.3. The zero-order valence-corrected chi connectivity index (χ0v) is 17.1. The van der Waals surface area contributed by atoms with E-state index in [1.807, 2.05) is 18.2 Å². The standard InChI is InChI=1S/C22H24ClNO4/c1-24(21(26)15-12-16(27-2)14-17(13-15)28-3)22(11-7-6-10-20(22)25)18-8-4-5-9-19(18)23/h4-5,8-9,12-14H,6-7,10-11H2,1-3H3/t22-/m0/s1. The van der Waals surface area contributed by atoms with Crippen molar-refractivity contribution in [2.75, 3.05) is 21.3 Å². The summed E-state index contributed by atoms with van der Waals surface area (Å²) in [6.45, 7) is 0. The Morgan fingerprint density at radius 1 is 1.07 bits per heavy atom. The van der Waals surface area contributed by atoms with Gasteiger partial charge in [0.1, 0.15) is 17.0 Å². The zero-order chi connectivity index (χ0) is 20.3. The molecule has 0 aromatic heterocycles. The fourth-order valence-electron chi connectivity index (χ4n) is 3.93. The van der Waals surface area contributed by atoms with Gasteiger partial charge in [-0.25, -0.2) is 0 Å². The molecule has 0 heterocycles. The second-order valence-corrected chi connectivity index (χ2v) is 7.34. The van der Waals surface area contributed by atoms with Crippen LogP contribution in [0.25, 0.3) is 0 Å². The van der Waals surface area contributed by atoms with Gasteiger partial charge in [0.25, 0.3) is 5.91 Å². The first-order valence-corrected chi connectivity index (χ1v) is 9.61. The number of methoxy groups -OCH3 is 2. The lowest BCUT2D eigenvalue weighted by molar-refractivity contribution is -0.132. The minimum absolute atomic E-state index is 0.0116. The Kier molecular flexibility index (Phi) is 5.94. The van der Waals surface area contributed by atoms with Crippen LogP contribution in [0, 0.1) is 0 Å². The van der Waals surface area contributed by atoms with E-state index in [9.17, 15) is 9.59 Å². The second-order valence-electron chi connectivity index (χ2n) is 6.94. The number of nitrogens with zero attached hydrogens (tertiary/aromatic N) is 1. The molecule has 3 rings (SSSR count). The van der Waals surface area contributed by atoms with Crippen molar-refractivity contribution in [2.24, 2.45) is 0 Å². The number of hydrogen-bond acceptors (Lipinski definition) is 4. The van der Waals surface area contributed by atoms with Crippen LogP contribution >= 0.6 is 11.6 Å². The van der Waals surface area contributed by atoms with Gasteiger partial charge >= 0.3 is 0 Å². The maximum atomic E-state index is 13.4. The van der Waals surface area contributed by atoms with Crippen LogP contribution in [0.1, 0.15) is 41.6 Å². The van der Waals surface area contributed by atoms with Crippen LogP contribution in [0.15, 0.2) is 42.5 Å². The minimum Gasteiger partial charge on any atom is -0.497 e. The highest BCUT2D eigenvalue weighted by Gasteiger charge is 2.48. The lowest BCUT2D eigenvalue weighted by Crippen LogP contribution is -2.54. The van der Waals surface area contributed by atoms with Crippen molar-refractivity contribution in [3.8, 4) is 11.5 Å². The predicted molar refractivity (Wildman–Crippen MR) is 108 cm³/mol. The van der Waals surface area contributed by atoms with Crippen molar-refractivity contribution in [3.63, 3.8) is 0 Å². The highest BCUT2D eigenvalue weighted by molar-refractivity contribution is 6.31. The molecule has 6 heteroatoms. The van der Waals surface area contributed by atoms with Gasteiger partial charge in [0.2, 0.25) is 0 Å². The van der Waals surface area contributed by atoms with Crippen LogP contribution in [0.5, 0.6) is 11.5 Å². The number of carbonyl (C=O) groups excluding carboxylic acids is 2. The van der Waals surface area contributed by atoms with Crippen LogP contribution in [0.2, 0.25) is 5.02 Å². The molecule has 5 nitrogen and oxygen atoms in total. The normalized spacial score (nSPS) is 19.2. The molecule has 0 spiro atoms. The van der Waals surface area contributed by atoms with Gasteiger partial charge in [-0.2, -0.15) is 0 Å². The fraction of sp³-hybridized carbons (Fsp3) is 0.364. The van der Waals surface area contributed by atoms with Crippen LogP contribution < -0.4 is 9.47 Å². The molecule has 0 N–H and O–H groups in total. The molecule has 2 aromatic carbocycles. The highest BCUT2D eigenvalue weighted by atomic mass is 35.5. The molecule has 0 bridgehead atoms. The summed E-state index contributed by atoms with van der Waals surface area (Å²) < 4.78 is 10.6. The van der Waals surface area contributed by atoms with Crippen molar-refractivity contribution in [2.45, 2.75) is 31.2 Å². The number of amides is 1. The molecule has 1 saturated carbocycles. The summed E-state index contributed by atoms with van der Waals surface area (Å²) in [4.78, 5) is 28.2. The third-order valence-electron chi connectivity index (χ3n) is 5.45. The fourth-order valence-corrected chi connectivity index (χ4v) is 4.22. The van der Waals surface area contributed by atoms with Crippen molar-refractivity contribution < 1.29 is 19.1 Å². The van der Waals surface area contributed by atoms with Gasteiger partial charge < -0.3 is 14.4 Å². The Morgan fingerprint density at radius 2 is 1.71 bits per heavy atom. The first-order chi connectivity index (χ1) is 13.4. The van der Waals surface area contributed by atoms with E-state index < -0.39 is 5.54 Å². The van der Waals surface area contributed by atoms with Crippen LogP contribution in [0.3, 0.4) is 0 Å². The van der Waals surface area contributed by atoms with Gasteiger partial charge in [0.05, 0.1) is 14.2 Å². The summed E-state index contributed by atoms with van der Waals surface area (Å²) in [6.07, 6.45) is 2.62. The SMILES string of the molecule is COc1cc(OC)cc(C(=O)N(C)[C@]2(c3ccccc3Cl)CCCCC2=O)c1. The zero-order valence-electron chi connectivity index (χ0n) is 16.3. The average Bonchev–Trinajstić information content (AvgIpc) is 2.73. The Morgan fingerprint density at radius 3 is 2.29 bits per heavy atom. The third-order valence-corrected chi connectivity index (χ3v) is 5.78. The molecule has 0 radical (unpaired) electrons. The molecule has 0 saturated heterocycles. The van der Waals surface area contributed by atoms with E-state index >= 15 is 0 Å². The topological polar surface area (TPSA) is 55.8 Å². The van der Waals surface area contributed by atoms with E-state index in [4.69, 9.17) is 21.1 Å². The summed E-state index contributed by atoms with van der Waals surface area (Å²) in [5, 5.41) is 0.487. The van der Waals surface area contributed by atoms with E-state index in [1.165, 1.54) is 19.1 Å². The lowest BCUT2D eigenvalue weighted by Gasteiger charge is -2.44. The molecule has 1 aliphatic carbocycles. The van der Waals surface area contributed by atoms with Crippen molar-refractivity contribution in [1.29, 1.82) is 0 Å². The van der Waals surface area contributed by atoms with E-state index in [-0.39, 0.29) is 11.7 Å². The van der Waals surface area contributed by atoms with E-state index in [0.717, 1.165) is 12.8 Å². The number of rotatable bonds is 5. The molecular formula is C22H24ClNO4. The Bertz CT molecular complexity index is 876. The minimum atomic E-state index is -1.08. The smallest absolute Gasteiger partial charge is 0.254 e. The van der Waals surface area contributed by atoms with Crippen LogP contribution in [-0.2, 0) is 10.3 Å². The molecular weight excluding hydrogens is 378 g/mol. The molecule has 28 heavy (non-hydrogen) atoms. The molecule has 1 atom stereocenters. The van der Waals surface area contributed by atoms with Crippen molar-refractivity contribution in [3.05, 3.63) is 58.6 Å². The molecule has 2 aromatic rings. The maximum Gasteiger partial charge on any atom is 0.254 e. The number of Topliss-reactive ketones (excluding diaryl/α,β-unsaturated/α-hetero) is 1. The lowest BCUT2D eigenvalue weighted by atomic mass is 9.74. The Labute approximate surface area is 170 Å². The number of ether oxygens (including phenoxy) is 2. The number of likely N-dealkylation sites (N-methyl/N-ethyl adjacent to an activating group) is 1. The van der Waals surface area contributed by atoms with Gasteiger partial charge in [-0.15, -0.1) is 0 Å². The van der Waals surface area contributed by atoms with Crippen molar-refractivity contribution >= 4 is 23.3 Å². The number of hydrogen-bond donors (Lipinski definition) is 0. The average molecular weight is 402 g/mol. The quantitative estimate of drug-likeness (QED) is 0.741. The number of ketones is 1. The maximum absolute atomic E-state index is 13.4. The molecule has 1 amide bonds. The molecule has 1 fully saturated rings. The monoisotopic (exact) mass is 401 g/mol. The number of halogens is 1. The second kappa shape index (κ2) is 8.23. The first-order valence-electron chi connectivity index (χ1n) is 9.23. The van der Waals surface area contributed by atoms with Crippen LogP contribution in [0.4, 0.5) is 0 Å². The third kappa shape index (κ3) is 3.47. The van der Waals surface area contributed by atoms with Gasteiger partial charge in [-0.05, 0) is 37.5 Å². The molecule has 0 unspecified atom stereocenters. The molecule has 1 aliphatic rings. The molecule has 0 aliphatic heterocycles. The largest absolute Gasteiger partial charge is 0.497 e. The summed E-state index contributed by atoms with van der Waals surface area (Å²) in [5.74, 6) is 0.751. The van der Waals surface area contributed by atoms with E-state index in [2.05, 4.69) is 0 Å². The van der Waals surface area contributed by atoms with Gasteiger partial charge in [0, 0.05) is 35.7 Å². The van der Waals surface area contributed by atoms with Gasteiger partial charge in [-0.1, -0.05) is 29.8 Å². The number of benzene rings is 2. The summed E-state index contributed by atoms with van der Waals surface area (Å²) in [7, 11) is 4.73. The van der Waals surface area contributed by atoms with E-state index in [0.29, 0.717) is 40.5 Å². The summed E-state index contributed by atoms with van der Waals surface area (Å²) >= 11 is 6.47. The Hall–Kier alpha value is -2.53. The predicted octanol–water partition coefficient (Wildman–Crippen LogP) is 4.47. The van der Waals surface area contributed by atoms with Gasteiger partial charge in [-0.3, -0.25) is 9.59 Å². The highest BCUT2D eigenvalue weighted by Crippen LogP contribution is 2.43. The van der Waals surface area contributed by atoms with E-state index in [1.54, 1.807) is 31.3 Å².